The standard InChI is InChI=1S/C28H26N2O5/c1-17-7-4-5-8-23(17)30-27(32)20-12-10-18(15-22(20)28(30)33)26(31)29-14-6-9-24(29)21-13-11-19(34-2)16-25(21)35-3/h4-5,7-8,10-13,15-16,24H,6,9,14H2,1-3H3. The maximum atomic E-state index is 13.6. The van der Waals surface area contributed by atoms with Crippen LogP contribution in [0.4, 0.5) is 5.69 Å². The van der Waals surface area contributed by atoms with Crippen molar-refractivity contribution in [3.05, 3.63) is 88.5 Å². The van der Waals surface area contributed by atoms with Gasteiger partial charge in [0.05, 0.1) is 37.1 Å². The summed E-state index contributed by atoms with van der Waals surface area (Å²) in [5.41, 5.74) is 3.24. The van der Waals surface area contributed by atoms with Crippen LogP contribution >= 0.6 is 0 Å². The Morgan fingerprint density at radius 3 is 2.43 bits per heavy atom. The first-order valence-electron chi connectivity index (χ1n) is 11.6. The summed E-state index contributed by atoms with van der Waals surface area (Å²) >= 11 is 0. The van der Waals surface area contributed by atoms with E-state index < -0.39 is 5.91 Å². The second-order valence-electron chi connectivity index (χ2n) is 8.76. The molecule has 7 heteroatoms. The summed E-state index contributed by atoms with van der Waals surface area (Å²) in [6, 6.07) is 17.5. The van der Waals surface area contributed by atoms with E-state index in [4.69, 9.17) is 9.47 Å². The number of amides is 3. The van der Waals surface area contributed by atoms with E-state index in [0.717, 1.165) is 24.0 Å². The Morgan fingerprint density at radius 2 is 1.69 bits per heavy atom. The minimum atomic E-state index is -0.413. The van der Waals surface area contributed by atoms with Crippen LogP contribution in [0.2, 0.25) is 0 Å². The number of anilines is 1. The number of methoxy groups -OCH3 is 2. The topological polar surface area (TPSA) is 76.2 Å². The minimum absolute atomic E-state index is 0.155. The lowest BCUT2D eigenvalue weighted by Crippen LogP contribution is -2.31. The smallest absolute Gasteiger partial charge is 0.266 e. The van der Waals surface area contributed by atoms with Crippen LogP contribution in [0.15, 0.2) is 60.7 Å². The average Bonchev–Trinajstić information content (AvgIpc) is 3.46. The van der Waals surface area contributed by atoms with E-state index in [1.807, 2.05) is 42.2 Å². The molecule has 0 N–H and O–H groups in total. The molecule has 0 spiro atoms. The molecule has 0 aromatic heterocycles. The Labute approximate surface area is 203 Å². The van der Waals surface area contributed by atoms with Crippen LogP contribution in [0, 0.1) is 6.92 Å². The molecule has 5 rings (SSSR count). The van der Waals surface area contributed by atoms with E-state index in [9.17, 15) is 14.4 Å². The van der Waals surface area contributed by atoms with Crippen LogP contribution in [0.25, 0.3) is 0 Å². The predicted octanol–water partition coefficient (Wildman–Crippen LogP) is 4.79. The van der Waals surface area contributed by atoms with Gasteiger partial charge in [-0.1, -0.05) is 18.2 Å². The Hall–Kier alpha value is -4.13. The van der Waals surface area contributed by atoms with Gasteiger partial charge in [-0.2, -0.15) is 0 Å². The number of nitrogens with zero attached hydrogens (tertiary/aromatic N) is 2. The third-order valence-corrected chi connectivity index (χ3v) is 6.80. The lowest BCUT2D eigenvalue weighted by Gasteiger charge is -2.27. The first kappa shape index (κ1) is 22.7. The molecule has 3 aromatic carbocycles. The van der Waals surface area contributed by atoms with Crippen LogP contribution < -0.4 is 14.4 Å². The maximum Gasteiger partial charge on any atom is 0.266 e. The fraction of sp³-hybridized carbons (Fsp3) is 0.250. The first-order chi connectivity index (χ1) is 16.9. The Kier molecular flexibility index (Phi) is 5.76. The number of likely N-dealkylation sites (tertiary alicyclic amines) is 1. The number of rotatable bonds is 5. The highest BCUT2D eigenvalue weighted by molar-refractivity contribution is 6.35. The normalized spacial score (nSPS) is 17.1. The molecule has 0 aliphatic carbocycles. The van der Waals surface area contributed by atoms with Gasteiger partial charge in [0, 0.05) is 23.7 Å². The molecule has 1 unspecified atom stereocenters. The largest absolute Gasteiger partial charge is 0.497 e. The van der Waals surface area contributed by atoms with E-state index in [1.165, 1.54) is 4.90 Å². The van der Waals surface area contributed by atoms with E-state index >= 15 is 0 Å². The summed E-state index contributed by atoms with van der Waals surface area (Å²) < 4.78 is 10.9. The molecule has 0 radical (unpaired) electrons. The minimum Gasteiger partial charge on any atom is -0.497 e. The zero-order valence-corrected chi connectivity index (χ0v) is 19.9. The number of hydrogen-bond acceptors (Lipinski definition) is 5. The molecule has 0 bridgehead atoms. The fourth-order valence-corrected chi connectivity index (χ4v) is 5.00. The molecule has 7 nitrogen and oxygen atoms in total. The molecule has 0 saturated carbocycles. The maximum absolute atomic E-state index is 13.6. The molecule has 3 amide bonds. The molecule has 178 valence electrons. The van der Waals surface area contributed by atoms with E-state index in [-0.39, 0.29) is 23.4 Å². The highest BCUT2D eigenvalue weighted by Gasteiger charge is 2.39. The molecular weight excluding hydrogens is 444 g/mol. The van der Waals surface area contributed by atoms with Crippen molar-refractivity contribution in [2.24, 2.45) is 0 Å². The van der Waals surface area contributed by atoms with Crippen LogP contribution in [0.1, 0.15) is 61.1 Å². The van der Waals surface area contributed by atoms with Gasteiger partial charge in [0.25, 0.3) is 17.7 Å². The summed E-state index contributed by atoms with van der Waals surface area (Å²) in [6.45, 7) is 2.45. The summed E-state index contributed by atoms with van der Waals surface area (Å²) in [5.74, 6) is 0.381. The van der Waals surface area contributed by atoms with E-state index in [1.54, 1.807) is 44.6 Å². The van der Waals surface area contributed by atoms with Gasteiger partial charge in [-0.15, -0.1) is 0 Å². The number of ether oxygens (including phenoxy) is 2. The van der Waals surface area contributed by atoms with Crippen LogP contribution in [-0.4, -0.2) is 43.4 Å². The van der Waals surface area contributed by atoms with Gasteiger partial charge < -0.3 is 14.4 Å². The zero-order valence-electron chi connectivity index (χ0n) is 19.9. The second-order valence-corrected chi connectivity index (χ2v) is 8.76. The Morgan fingerprint density at radius 1 is 0.914 bits per heavy atom. The van der Waals surface area contributed by atoms with Gasteiger partial charge in [-0.3, -0.25) is 14.4 Å². The molecule has 1 atom stereocenters. The van der Waals surface area contributed by atoms with Crippen LogP contribution in [0.3, 0.4) is 0 Å². The molecule has 2 aliphatic heterocycles. The lowest BCUT2D eigenvalue weighted by molar-refractivity contribution is 0.0733. The number of benzene rings is 3. The van der Waals surface area contributed by atoms with Gasteiger partial charge in [0.1, 0.15) is 11.5 Å². The SMILES string of the molecule is COc1ccc(C2CCCN2C(=O)c2ccc3c(c2)C(=O)N(c2ccccc2C)C3=O)c(OC)c1. The van der Waals surface area contributed by atoms with Crippen molar-refractivity contribution >= 4 is 23.4 Å². The third kappa shape index (κ3) is 3.73. The molecule has 2 heterocycles. The number of aryl methyl sites for hydroxylation is 1. The van der Waals surface area contributed by atoms with Gasteiger partial charge >= 0.3 is 0 Å². The van der Waals surface area contributed by atoms with Crippen molar-refractivity contribution < 1.29 is 23.9 Å². The lowest BCUT2D eigenvalue weighted by atomic mass is 10.0. The summed E-state index contributed by atoms with van der Waals surface area (Å²) in [5, 5.41) is 0. The van der Waals surface area contributed by atoms with E-state index in [0.29, 0.717) is 34.9 Å². The number of imide groups is 1. The number of para-hydroxylation sites is 1. The van der Waals surface area contributed by atoms with Gasteiger partial charge in [0.15, 0.2) is 0 Å². The van der Waals surface area contributed by atoms with Crippen LogP contribution in [0.5, 0.6) is 11.5 Å². The Balaban J connectivity index is 1.46. The molecule has 1 fully saturated rings. The van der Waals surface area contributed by atoms with Crippen molar-refractivity contribution in [1.29, 1.82) is 0 Å². The number of fused-ring (bicyclic) bond motifs is 1. The number of hydrogen-bond donors (Lipinski definition) is 0. The molecule has 35 heavy (non-hydrogen) atoms. The highest BCUT2D eigenvalue weighted by atomic mass is 16.5. The summed E-state index contributed by atoms with van der Waals surface area (Å²) in [4.78, 5) is 42.9. The van der Waals surface area contributed by atoms with Gasteiger partial charge in [-0.25, -0.2) is 4.90 Å². The van der Waals surface area contributed by atoms with Crippen molar-refractivity contribution in [2.75, 3.05) is 25.7 Å². The van der Waals surface area contributed by atoms with Crippen molar-refractivity contribution in [1.82, 2.24) is 4.90 Å². The highest BCUT2D eigenvalue weighted by Crippen LogP contribution is 2.40. The monoisotopic (exact) mass is 470 g/mol. The third-order valence-electron chi connectivity index (χ3n) is 6.80. The molecule has 2 aliphatic rings. The molecular formula is C28H26N2O5. The number of carbonyl (C=O) groups excluding carboxylic acids is 3. The summed E-state index contributed by atoms with van der Waals surface area (Å²) in [7, 11) is 3.20. The Bertz CT molecular complexity index is 1350. The van der Waals surface area contributed by atoms with E-state index in [2.05, 4.69) is 0 Å². The van der Waals surface area contributed by atoms with Crippen molar-refractivity contribution in [3.8, 4) is 11.5 Å². The van der Waals surface area contributed by atoms with Crippen molar-refractivity contribution in [2.45, 2.75) is 25.8 Å². The fourth-order valence-electron chi connectivity index (χ4n) is 5.00. The second kappa shape index (κ2) is 8.91. The van der Waals surface area contributed by atoms with Gasteiger partial charge in [0.2, 0.25) is 0 Å². The summed E-state index contributed by atoms with van der Waals surface area (Å²) in [6.07, 6.45) is 1.66. The zero-order chi connectivity index (χ0) is 24.7. The van der Waals surface area contributed by atoms with Crippen LogP contribution in [-0.2, 0) is 0 Å². The quantitative estimate of drug-likeness (QED) is 0.501. The predicted molar refractivity (Wildman–Crippen MR) is 131 cm³/mol. The van der Waals surface area contributed by atoms with Gasteiger partial charge in [-0.05, 0) is 61.7 Å². The molecule has 1 saturated heterocycles. The first-order valence-corrected chi connectivity index (χ1v) is 11.6. The van der Waals surface area contributed by atoms with Crippen molar-refractivity contribution in [3.63, 3.8) is 0 Å². The average molecular weight is 471 g/mol. The number of carbonyl (C=O) groups is 3. The molecule has 3 aromatic rings.